The van der Waals surface area contributed by atoms with E-state index in [1.54, 1.807) is 0 Å². The second-order valence-electron chi connectivity index (χ2n) is 5.33. The van der Waals surface area contributed by atoms with E-state index in [0.717, 1.165) is 44.0 Å². The van der Waals surface area contributed by atoms with Crippen molar-refractivity contribution in [3.05, 3.63) is 30.3 Å². The van der Waals surface area contributed by atoms with Gasteiger partial charge in [-0.2, -0.15) is 0 Å². The van der Waals surface area contributed by atoms with Crippen LogP contribution in [0.4, 0.5) is 0 Å². The summed E-state index contributed by atoms with van der Waals surface area (Å²) in [6.45, 7) is 4.73. The van der Waals surface area contributed by atoms with Gasteiger partial charge in [-0.15, -0.1) is 0 Å². The molecule has 0 N–H and O–H groups in total. The molecule has 104 valence electrons. The number of nitrogens with zero attached hydrogens (tertiary/aromatic N) is 1. The lowest BCUT2D eigenvalue weighted by molar-refractivity contribution is -0.132. The summed E-state index contributed by atoms with van der Waals surface area (Å²) in [7, 11) is 0. The van der Waals surface area contributed by atoms with E-state index >= 15 is 0 Å². The van der Waals surface area contributed by atoms with Crippen LogP contribution in [0.3, 0.4) is 0 Å². The van der Waals surface area contributed by atoms with Crippen LogP contribution in [-0.4, -0.2) is 30.5 Å². The van der Waals surface area contributed by atoms with Gasteiger partial charge in [-0.1, -0.05) is 25.1 Å². The molecule has 1 aromatic rings. The van der Waals surface area contributed by atoms with Gasteiger partial charge in [-0.05, 0) is 37.3 Å². The van der Waals surface area contributed by atoms with Gasteiger partial charge in [0.1, 0.15) is 5.75 Å². The van der Waals surface area contributed by atoms with E-state index in [9.17, 15) is 4.79 Å². The normalized spacial score (nSPS) is 16.4. The van der Waals surface area contributed by atoms with Crippen molar-refractivity contribution < 1.29 is 9.53 Å². The van der Waals surface area contributed by atoms with Crippen LogP contribution in [0, 0.1) is 5.92 Å². The van der Waals surface area contributed by atoms with Gasteiger partial charge in [-0.3, -0.25) is 4.79 Å². The highest BCUT2D eigenvalue weighted by Gasteiger charge is 2.19. The fourth-order valence-corrected chi connectivity index (χ4v) is 2.35. The van der Waals surface area contributed by atoms with Crippen molar-refractivity contribution in [2.75, 3.05) is 19.7 Å². The Morgan fingerprint density at radius 2 is 1.95 bits per heavy atom. The minimum Gasteiger partial charge on any atom is -0.494 e. The lowest BCUT2D eigenvalue weighted by atomic mass is 9.99. The monoisotopic (exact) mass is 261 g/mol. The maximum atomic E-state index is 12.0. The lowest BCUT2D eigenvalue weighted by Gasteiger charge is -2.30. The van der Waals surface area contributed by atoms with Crippen LogP contribution in [0.1, 0.15) is 32.6 Å². The Kier molecular flexibility index (Phi) is 5.25. The van der Waals surface area contributed by atoms with Crippen molar-refractivity contribution in [2.45, 2.75) is 32.6 Å². The summed E-state index contributed by atoms with van der Waals surface area (Å²) in [4.78, 5) is 14.0. The smallest absolute Gasteiger partial charge is 0.222 e. The molecule has 1 saturated heterocycles. The molecule has 0 bridgehead atoms. The first kappa shape index (κ1) is 13.9. The zero-order chi connectivity index (χ0) is 13.5. The molecular formula is C16H23NO2. The van der Waals surface area contributed by atoms with Gasteiger partial charge in [-0.25, -0.2) is 0 Å². The van der Waals surface area contributed by atoms with E-state index in [1.807, 2.05) is 35.2 Å². The second kappa shape index (κ2) is 7.17. The van der Waals surface area contributed by atoms with Gasteiger partial charge < -0.3 is 9.64 Å². The fourth-order valence-electron chi connectivity index (χ4n) is 2.35. The zero-order valence-electron chi connectivity index (χ0n) is 11.7. The maximum Gasteiger partial charge on any atom is 0.222 e. The molecule has 1 fully saturated rings. The average molecular weight is 261 g/mol. The molecule has 0 radical (unpaired) electrons. The maximum absolute atomic E-state index is 12.0. The molecule has 1 aliphatic heterocycles. The Hall–Kier alpha value is -1.51. The molecule has 0 aliphatic carbocycles. The van der Waals surface area contributed by atoms with Crippen molar-refractivity contribution >= 4 is 5.91 Å². The number of hydrogen-bond acceptors (Lipinski definition) is 2. The molecule has 0 aromatic heterocycles. The summed E-state index contributed by atoms with van der Waals surface area (Å²) in [6.07, 6.45) is 3.68. The molecule has 2 rings (SSSR count). The molecule has 3 heteroatoms. The predicted molar refractivity (Wildman–Crippen MR) is 76.1 cm³/mol. The zero-order valence-corrected chi connectivity index (χ0v) is 11.7. The minimum absolute atomic E-state index is 0.281. The van der Waals surface area contributed by atoms with Gasteiger partial charge in [0.15, 0.2) is 0 Å². The molecule has 19 heavy (non-hydrogen) atoms. The van der Waals surface area contributed by atoms with Gasteiger partial charge >= 0.3 is 0 Å². The van der Waals surface area contributed by atoms with Crippen molar-refractivity contribution in [3.8, 4) is 5.75 Å². The first-order valence-corrected chi connectivity index (χ1v) is 7.21. The summed E-state index contributed by atoms with van der Waals surface area (Å²) in [5.74, 6) is 1.93. The van der Waals surface area contributed by atoms with Gasteiger partial charge in [0.05, 0.1) is 6.61 Å². The number of carbonyl (C=O) groups is 1. The van der Waals surface area contributed by atoms with Crippen molar-refractivity contribution in [1.82, 2.24) is 4.90 Å². The number of rotatable bonds is 5. The summed E-state index contributed by atoms with van der Waals surface area (Å²) in [5.41, 5.74) is 0. The standard InChI is InChI=1S/C16H23NO2/c1-14-9-11-17(12-10-14)16(18)8-5-13-19-15-6-3-2-4-7-15/h2-4,6-7,14H,5,8-13H2,1H3. The van der Waals surface area contributed by atoms with Crippen molar-refractivity contribution in [1.29, 1.82) is 0 Å². The third-order valence-electron chi connectivity index (χ3n) is 3.68. The molecule has 0 unspecified atom stereocenters. The first-order valence-electron chi connectivity index (χ1n) is 7.21. The number of ether oxygens (including phenoxy) is 1. The Balaban J connectivity index is 1.61. The molecule has 0 spiro atoms. The highest BCUT2D eigenvalue weighted by Crippen LogP contribution is 2.17. The summed E-state index contributed by atoms with van der Waals surface area (Å²) in [5, 5.41) is 0. The van der Waals surface area contributed by atoms with E-state index in [4.69, 9.17) is 4.74 Å². The topological polar surface area (TPSA) is 29.5 Å². The predicted octanol–water partition coefficient (Wildman–Crippen LogP) is 3.10. The van der Waals surface area contributed by atoms with Gasteiger partial charge in [0.2, 0.25) is 5.91 Å². The van der Waals surface area contributed by atoms with E-state index in [2.05, 4.69) is 6.92 Å². The quantitative estimate of drug-likeness (QED) is 0.762. The highest BCUT2D eigenvalue weighted by molar-refractivity contribution is 5.76. The van der Waals surface area contributed by atoms with Gasteiger partial charge in [0, 0.05) is 19.5 Å². The van der Waals surface area contributed by atoms with Crippen LogP contribution in [0.15, 0.2) is 30.3 Å². The molecule has 1 aliphatic rings. The van der Waals surface area contributed by atoms with Crippen molar-refractivity contribution in [3.63, 3.8) is 0 Å². The van der Waals surface area contributed by atoms with Crippen molar-refractivity contribution in [2.24, 2.45) is 5.92 Å². The van der Waals surface area contributed by atoms with Crippen LogP contribution >= 0.6 is 0 Å². The number of para-hydroxylation sites is 1. The number of carbonyl (C=O) groups excluding carboxylic acids is 1. The number of hydrogen-bond donors (Lipinski definition) is 0. The molecule has 1 amide bonds. The van der Waals surface area contributed by atoms with Crippen LogP contribution in [-0.2, 0) is 4.79 Å². The largest absolute Gasteiger partial charge is 0.494 e. The fraction of sp³-hybridized carbons (Fsp3) is 0.562. The van der Waals surface area contributed by atoms with Crippen LogP contribution in [0.5, 0.6) is 5.75 Å². The van der Waals surface area contributed by atoms with E-state index < -0.39 is 0 Å². The number of likely N-dealkylation sites (tertiary alicyclic amines) is 1. The Labute approximate surface area is 115 Å². The molecular weight excluding hydrogens is 238 g/mol. The number of amides is 1. The SMILES string of the molecule is CC1CCN(C(=O)CCCOc2ccccc2)CC1. The second-order valence-corrected chi connectivity index (χ2v) is 5.33. The number of benzene rings is 1. The minimum atomic E-state index is 0.281. The molecule has 0 atom stereocenters. The molecule has 0 saturated carbocycles. The van der Waals surface area contributed by atoms with E-state index in [1.165, 1.54) is 0 Å². The third-order valence-corrected chi connectivity index (χ3v) is 3.68. The molecule has 1 heterocycles. The lowest BCUT2D eigenvalue weighted by Crippen LogP contribution is -2.37. The number of piperidine rings is 1. The van der Waals surface area contributed by atoms with Crippen LogP contribution < -0.4 is 4.74 Å². The van der Waals surface area contributed by atoms with Crippen LogP contribution in [0.2, 0.25) is 0 Å². The van der Waals surface area contributed by atoms with Crippen LogP contribution in [0.25, 0.3) is 0 Å². The summed E-state index contributed by atoms with van der Waals surface area (Å²) >= 11 is 0. The Bertz CT molecular complexity index is 383. The molecule has 3 nitrogen and oxygen atoms in total. The van der Waals surface area contributed by atoms with E-state index in [-0.39, 0.29) is 5.91 Å². The molecule has 1 aromatic carbocycles. The first-order chi connectivity index (χ1) is 9.25. The summed E-state index contributed by atoms with van der Waals surface area (Å²) in [6, 6.07) is 9.75. The Morgan fingerprint density at radius 1 is 1.26 bits per heavy atom. The summed E-state index contributed by atoms with van der Waals surface area (Å²) < 4.78 is 5.59. The van der Waals surface area contributed by atoms with Gasteiger partial charge in [0.25, 0.3) is 0 Å². The highest BCUT2D eigenvalue weighted by atomic mass is 16.5. The van der Waals surface area contributed by atoms with E-state index in [0.29, 0.717) is 13.0 Å². The average Bonchev–Trinajstić information content (AvgIpc) is 2.45. The third kappa shape index (κ3) is 4.58. The Morgan fingerprint density at radius 3 is 2.63 bits per heavy atom.